The van der Waals surface area contributed by atoms with Crippen molar-refractivity contribution in [2.24, 2.45) is 0 Å². The van der Waals surface area contributed by atoms with Gasteiger partial charge in [-0.25, -0.2) is 0 Å². The summed E-state index contributed by atoms with van der Waals surface area (Å²) in [6, 6.07) is 20.1. The Balaban J connectivity index is 1.31. The Morgan fingerprint density at radius 1 is 1.03 bits per heavy atom. The van der Waals surface area contributed by atoms with Crippen molar-refractivity contribution < 1.29 is 14.3 Å². The van der Waals surface area contributed by atoms with Crippen LogP contribution in [-0.2, 0) is 6.54 Å². The number of anilines is 1. The van der Waals surface area contributed by atoms with Gasteiger partial charge in [0.05, 0.1) is 19.3 Å². The number of rotatable bonds is 4. The molecular weight excluding hydrogens is 420 g/mol. The normalized spacial score (nSPS) is 17.4. The van der Waals surface area contributed by atoms with Gasteiger partial charge in [0.15, 0.2) is 0 Å². The number of hydrogen-bond acceptors (Lipinski definition) is 5. The van der Waals surface area contributed by atoms with Crippen LogP contribution in [-0.4, -0.2) is 43.2 Å². The highest BCUT2D eigenvalue weighted by Gasteiger charge is 2.40. The van der Waals surface area contributed by atoms with Gasteiger partial charge in [-0.2, -0.15) is 0 Å². The van der Waals surface area contributed by atoms with Crippen molar-refractivity contribution in [1.82, 2.24) is 4.90 Å². The van der Waals surface area contributed by atoms with Crippen LogP contribution < -0.4 is 14.4 Å². The van der Waals surface area contributed by atoms with Gasteiger partial charge in [-0.15, -0.1) is 11.3 Å². The van der Waals surface area contributed by atoms with Crippen LogP contribution in [0, 0.1) is 0 Å². The fourth-order valence-corrected chi connectivity index (χ4v) is 5.43. The lowest BCUT2D eigenvalue weighted by Crippen LogP contribution is -2.50. The molecule has 0 N–H and O–H groups in total. The Morgan fingerprint density at radius 2 is 1.84 bits per heavy atom. The van der Waals surface area contributed by atoms with Crippen LogP contribution in [0.5, 0.6) is 11.5 Å². The van der Waals surface area contributed by atoms with Crippen LogP contribution in [0.3, 0.4) is 0 Å². The van der Waals surface area contributed by atoms with Gasteiger partial charge in [-0.05, 0) is 41.8 Å². The number of carbonyl (C=O) groups excluding carboxylic acids is 1. The van der Waals surface area contributed by atoms with Crippen LogP contribution >= 0.6 is 11.3 Å². The number of benzene rings is 2. The monoisotopic (exact) mass is 448 g/mol. The first-order chi connectivity index (χ1) is 15.7. The molecule has 32 heavy (non-hydrogen) atoms. The number of fused-ring (bicyclic) bond motifs is 1. The topological polar surface area (TPSA) is 42.0 Å². The lowest BCUT2D eigenvalue weighted by Gasteiger charge is -2.41. The van der Waals surface area contributed by atoms with E-state index in [0.29, 0.717) is 24.4 Å². The molecule has 1 amide bonds. The third kappa shape index (κ3) is 4.19. The van der Waals surface area contributed by atoms with E-state index in [4.69, 9.17) is 9.47 Å². The number of methoxy groups -OCH3 is 1. The lowest BCUT2D eigenvalue weighted by atomic mass is 9.87. The Morgan fingerprint density at radius 3 is 2.62 bits per heavy atom. The highest BCUT2D eigenvalue weighted by atomic mass is 32.1. The molecule has 0 radical (unpaired) electrons. The third-order valence-electron chi connectivity index (χ3n) is 6.58. The van der Waals surface area contributed by atoms with Crippen molar-refractivity contribution in [1.29, 1.82) is 0 Å². The Kier molecular flexibility index (Phi) is 5.79. The zero-order chi connectivity index (χ0) is 22.0. The fraction of sp³-hybridized carbons (Fsp3) is 0.346. The first-order valence-electron chi connectivity index (χ1n) is 11.1. The number of carbonyl (C=O) groups is 1. The van der Waals surface area contributed by atoms with Crippen molar-refractivity contribution in [3.63, 3.8) is 0 Å². The quantitative estimate of drug-likeness (QED) is 0.549. The van der Waals surface area contributed by atoms with Crippen LogP contribution in [0.2, 0.25) is 0 Å². The summed E-state index contributed by atoms with van der Waals surface area (Å²) in [5, 5.41) is 2.13. The largest absolute Gasteiger partial charge is 0.497 e. The molecule has 0 aliphatic carbocycles. The Hall–Kier alpha value is -2.99. The van der Waals surface area contributed by atoms with Crippen LogP contribution in [0.1, 0.15) is 34.5 Å². The molecule has 2 aliphatic heterocycles. The molecule has 0 unspecified atom stereocenters. The summed E-state index contributed by atoms with van der Waals surface area (Å²) >= 11 is 1.79. The minimum atomic E-state index is -0.231. The number of likely N-dealkylation sites (tertiary alicyclic amines) is 1. The van der Waals surface area contributed by atoms with Gasteiger partial charge < -0.3 is 19.3 Å². The van der Waals surface area contributed by atoms with E-state index in [9.17, 15) is 4.79 Å². The summed E-state index contributed by atoms with van der Waals surface area (Å²) < 4.78 is 12.0. The molecule has 166 valence electrons. The van der Waals surface area contributed by atoms with Gasteiger partial charge in [-0.1, -0.05) is 24.3 Å². The summed E-state index contributed by atoms with van der Waals surface area (Å²) in [4.78, 5) is 18.8. The molecule has 1 aromatic heterocycles. The predicted octanol–water partition coefficient (Wildman–Crippen LogP) is 5.22. The van der Waals surface area contributed by atoms with E-state index < -0.39 is 0 Å². The van der Waals surface area contributed by atoms with Gasteiger partial charge in [0.2, 0.25) is 0 Å². The highest BCUT2D eigenvalue weighted by Crippen LogP contribution is 2.41. The standard InChI is InChI=1S/C26H28N2O3S/c1-30-21-7-4-6-20(18-21)25(29)27-14-11-26(12-15-27)13-16-28(19-22-8-5-17-32-22)23-9-2-3-10-24(23)31-26/h2-10,17-18H,11-16,19H2,1H3. The zero-order valence-corrected chi connectivity index (χ0v) is 19.1. The average molecular weight is 449 g/mol. The summed E-state index contributed by atoms with van der Waals surface area (Å²) in [5.74, 6) is 1.72. The van der Waals surface area contributed by atoms with Crippen molar-refractivity contribution in [3.05, 3.63) is 76.5 Å². The number of para-hydroxylation sites is 2. The Bertz CT molecular complexity index is 1070. The minimum absolute atomic E-state index is 0.0621. The van der Waals surface area contributed by atoms with Gasteiger partial charge in [-0.3, -0.25) is 4.79 Å². The smallest absolute Gasteiger partial charge is 0.253 e. The van der Waals surface area contributed by atoms with Crippen molar-refractivity contribution in [2.75, 3.05) is 31.6 Å². The predicted molar refractivity (Wildman–Crippen MR) is 128 cm³/mol. The van der Waals surface area contributed by atoms with E-state index >= 15 is 0 Å². The van der Waals surface area contributed by atoms with Crippen LogP contribution in [0.25, 0.3) is 0 Å². The van der Waals surface area contributed by atoms with E-state index in [1.54, 1.807) is 18.4 Å². The van der Waals surface area contributed by atoms with Gasteiger partial charge >= 0.3 is 0 Å². The van der Waals surface area contributed by atoms with E-state index in [2.05, 4.69) is 40.6 Å². The molecule has 1 saturated heterocycles. The molecule has 0 saturated carbocycles. The highest BCUT2D eigenvalue weighted by molar-refractivity contribution is 7.09. The molecule has 0 atom stereocenters. The molecule has 5 nitrogen and oxygen atoms in total. The number of amides is 1. The van der Waals surface area contributed by atoms with E-state index in [-0.39, 0.29) is 11.5 Å². The number of thiophene rings is 1. The fourth-order valence-electron chi connectivity index (χ4n) is 4.71. The summed E-state index contributed by atoms with van der Waals surface area (Å²) in [7, 11) is 1.62. The first-order valence-corrected chi connectivity index (χ1v) is 12.0. The summed E-state index contributed by atoms with van der Waals surface area (Å²) in [6.07, 6.45) is 2.63. The maximum absolute atomic E-state index is 13.1. The number of hydrogen-bond donors (Lipinski definition) is 0. The second kappa shape index (κ2) is 8.87. The van der Waals surface area contributed by atoms with E-state index in [1.165, 1.54) is 4.88 Å². The number of piperidine rings is 1. The summed E-state index contributed by atoms with van der Waals surface area (Å²) in [5.41, 5.74) is 1.60. The molecule has 1 fully saturated rings. The molecule has 3 aromatic rings. The molecule has 1 spiro atoms. The number of nitrogens with zero attached hydrogens (tertiary/aromatic N) is 2. The zero-order valence-electron chi connectivity index (χ0n) is 18.3. The molecular formula is C26H28N2O3S. The maximum atomic E-state index is 13.1. The Labute approximate surface area is 193 Å². The molecule has 5 rings (SSSR count). The summed E-state index contributed by atoms with van der Waals surface area (Å²) in [6.45, 7) is 3.24. The minimum Gasteiger partial charge on any atom is -0.497 e. The lowest BCUT2D eigenvalue weighted by molar-refractivity contribution is 0.00238. The number of ether oxygens (including phenoxy) is 2. The first kappa shape index (κ1) is 20.9. The van der Waals surface area contributed by atoms with E-state index in [1.807, 2.05) is 35.2 Å². The van der Waals surface area contributed by atoms with Crippen LogP contribution in [0.4, 0.5) is 5.69 Å². The van der Waals surface area contributed by atoms with Gasteiger partial charge in [0.1, 0.15) is 17.1 Å². The van der Waals surface area contributed by atoms with Crippen molar-refractivity contribution in [2.45, 2.75) is 31.4 Å². The average Bonchev–Trinajstić information content (AvgIpc) is 3.30. The molecule has 2 aromatic carbocycles. The van der Waals surface area contributed by atoms with Crippen molar-refractivity contribution >= 4 is 22.9 Å². The molecule has 0 bridgehead atoms. The molecule has 6 heteroatoms. The van der Waals surface area contributed by atoms with E-state index in [0.717, 1.165) is 43.8 Å². The van der Waals surface area contributed by atoms with Crippen molar-refractivity contribution in [3.8, 4) is 11.5 Å². The molecule has 3 heterocycles. The van der Waals surface area contributed by atoms with Gasteiger partial charge in [0, 0.05) is 49.3 Å². The maximum Gasteiger partial charge on any atom is 0.253 e. The molecule has 2 aliphatic rings. The SMILES string of the molecule is COc1cccc(C(=O)N2CCC3(CC2)CCN(Cc2cccs2)c2ccccc2O3)c1. The third-order valence-corrected chi connectivity index (χ3v) is 7.44. The second-order valence-corrected chi connectivity index (χ2v) is 9.56. The van der Waals surface area contributed by atoms with Crippen LogP contribution in [0.15, 0.2) is 66.0 Å². The second-order valence-electron chi connectivity index (χ2n) is 8.53. The van der Waals surface area contributed by atoms with Gasteiger partial charge in [0.25, 0.3) is 5.91 Å².